The van der Waals surface area contributed by atoms with Crippen LogP contribution in [0.25, 0.3) is 0 Å². The summed E-state index contributed by atoms with van der Waals surface area (Å²) in [6.45, 7) is 3.49. The normalized spacial score (nSPS) is 10.4. The van der Waals surface area contributed by atoms with Gasteiger partial charge in [0.25, 0.3) is 5.91 Å². The molecule has 0 aliphatic carbocycles. The van der Waals surface area contributed by atoms with Crippen molar-refractivity contribution in [3.8, 4) is 0 Å². The van der Waals surface area contributed by atoms with Gasteiger partial charge in [-0.2, -0.15) is 5.10 Å². The summed E-state index contributed by atoms with van der Waals surface area (Å²) < 4.78 is 1.72. The minimum absolute atomic E-state index is 0.0981. The van der Waals surface area contributed by atoms with E-state index >= 15 is 0 Å². The molecule has 0 saturated heterocycles. The van der Waals surface area contributed by atoms with Crippen LogP contribution in [-0.4, -0.2) is 39.2 Å². The average molecular weight is 287 g/mol. The number of hydrogen-bond acceptors (Lipinski definition) is 4. The molecule has 0 unspecified atom stereocenters. The Bertz CT molecular complexity index is 608. The highest BCUT2D eigenvalue weighted by molar-refractivity contribution is 5.92. The number of amides is 1. The van der Waals surface area contributed by atoms with Crippen molar-refractivity contribution >= 4 is 11.6 Å². The van der Waals surface area contributed by atoms with Crippen molar-refractivity contribution < 1.29 is 4.79 Å². The smallest absolute Gasteiger partial charge is 0.272 e. The number of aryl methyl sites for hydroxylation is 1. The lowest BCUT2D eigenvalue weighted by molar-refractivity contribution is 0.0779. The SMILES string of the molecule is CCCNc1ccnc(C(=O)N(C)Cc2cnn(C)c2)c1. The molecule has 1 amide bonds. The molecule has 2 heterocycles. The first kappa shape index (κ1) is 15.0. The molecule has 21 heavy (non-hydrogen) atoms. The third-order valence-corrected chi connectivity index (χ3v) is 3.08. The summed E-state index contributed by atoms with van der Waals surface area (Å²) >= 11 is 0. The Morgan fingerprint density at radius 1 is 1.48 bits per heavy atom. The second-order valence-electron chi connectivity index (χ2n) is 5.04. The maximum Gasteiger partial charge on any atom is 0.272 e. The van der Waals surface area contributed by atoms with Gasteiger partial charge in [-0.05, 0) is 18.6 Å². The molecule has 6 heteroatoms. The predicted octanol–water partition coefficient (Wildman–Crippen LogP) is 1.91. The maximum absolute atomic E-state index is 12.4. The van der Waals surface area contributed by atoms with Crippen LogP contribution in [0.2, 0.25) is 0 Å². The van der Waals surface area contributed by atoms with Gasteiger partial charge in [0, 0.05) is 50.8 Å². The second-order valence-corrected chi connectivity index (χ2v) is 5.04. The number of aromatic nitrogens is 3. The third-order valence-electron chi connectivity index (χ3n) is 3.08. The Kier molecular flexibility index (Phi) is 4.92. The van der Waals surface area contributed by atoms with Gasteiger partial charge in [0.1, 0.15) is 5.69 Å². The van der Waals surface area contributed by atoms with E-state index in [-0.39, 0.29) is 5.91 Å². The highest BCUT2D eigenvalue weighted by atomic mass is 16.2. The van der Waals surface area contributed by atoms with Gasteiger partial charge in [-0.25, -0.2) is 0 Å². The first-order valence-corrected chi connectivity index (χ1v) is 7.03. The third kappa shape index (κ3) is 4.05. The van der Waals surface area contributed by atoms with E-state index < -0.39 is 0 Å². The van der Waals surface area contributed by atoms with Crippen LogP contribution in [0.15, 0.2) is 30.7 Å². The van der Waals surface area contributed by atoms with E-state index in [2.05, 4.69) is 22.3 Å². The number of carbonyl (C=O) groups is 1. The number of rotatable bonds is 6. The van der Waals surface area contributed by atoms with Crippen LogP contribution in [0, 0.1) is 0 Å². The van der Waals surface area contributed by atoms with E-state index in [4.69, 9.17) is 0 Å². The minimum atomic E-state index is -0.0981. The summed E-state index contributed by atoms with van der Waals surface area (Å²) in [7, 11) is 3.62. The molecule has 0 radical (unpaired) electrons. The fourth-order valence-electron chi connectivity index (χ4n) is 2.02. The molecule has 0 saturated carbocycles. The Morgan fingerprint density at radius 3 is 2.95 bits per heavy atom. The molecule has 1 N–H and O–H groups in total. The van der Waals surface area contributed by atoms with Gasteiger partial charge in [-0.1, -0.05) is 6.92 Å². The molecule has 0 atom stereocenters. The standard InChI is InChI=1S/C15H21N5O/c1-4-6-16-13-5-7-17-14(8-13)15(21)19(2)10-12-9-18-20(3)11-12/h5,7-9,11H,4,6,10H2,1-3H3,(H,16,17). The number of anilines is 1. The summed E-state index contributed by atoms with van der Waals surface area (Å²) in [6.07, 6.45) is 6.35. The molecule has 112 valence electrons. The summed E-state index contributed by atoms with van der Waals surface area (Å²) in [4.78, 5) is 18.2. The molecule has 2 aromatic rings. The molecular formula is C15H21N5O. The number of nitrogens with zero attached hydrogens (tertiary/aromatic N) is 4. The molecule has 0 aliphatic heterocycles. The van der Waals surface area contributed by atoms with Crippen LogP contribution in [0.4, 0.5) is 5.69 Å². The first-order valence-electron chi connectivity index (χ1n) is 7.03. The number of nitrogens with one attached hydrogen (secondary N) is 1. The van der Waals surface area contributed by atoms with Crippen molar-refractivity contribution in [1.29, 1.82) is 0 Å². The second kappa shape index (κ2) is 6.88. The Morgan fingerprint density at radius 2 is 2.29 bits per heavy atom. The van der Waals surface area contributed by atoms with Gasteiger partial charge < -0.3 is 10.2 Å². The molecular weight excluding hydrogens is 266 g/mol. The van der Waals surface area contributed by atoms with Crippen molar-refractivity contribution in [1.82, 2.24) is 19.7 Å². The molecule has 0 spiro atoms. The Balaban J connectivity index is 2.04. The molecule has 0 bridgehead atoms. The Labute approximate surface area is 124 Å². The molecule has 0 aromatic carbocycles. The fraction of sp³-hybridized carbons (Fsp3) is 0.400. The van der Waals surface area contributed by atoms with Crippen LogP contribution in [0.1, 0.15) is 29.4 Å². The van der Waals surface area contributed by atoms with E-state index in [9.17, 15) is 4.79 Å². The summed E-state index contributed by atoms with van der Waals surface area (Å²) in [6, 6.07) is 3.66. The number of carbonyl (C=O) groups excluding carboxylic acids is 1. The summed E-state index contributed by atoms with van der Waals surface area (Å²) in [5, 5.41) is 7.36. The summed E-state index contributed by atoms with van der Waals surface area (Å²) in [5.41, 5.74) is 2.36. The largest absolute Gasteiger partial charge is 0.385 e. The van der Waals surface area contributed by atoms with Gasteiger partial charge >= 0.3 is 0 Å². The van der Waals surface area contributed by atoms with E-state index in [0.717, 1.165) is 24.2 Å². The molecule has 0 fully saturated rings. The van der Waals surface area contributed by atoms with Crippen molar-refractivity contribution in [3.63, 3.8) is 0 Å². The van der Waals surface area contributed by atoms with Crippen molar-refractivity contribution in [3.05, 3.63) is 42.0 Å². The van der Waals surface area contributed by atoms with Crippen molar-refractivity contribution in [2.45, 2.75) is 19.9 Å². The summed E-state index contributed by atoms with van der Waals surface area (Å²) in [5.74, 6) is -0.0981. The monoisotopic (exact) mass is 287 g/mol. The number of hydrogen-bond donors (Lipinski definition) is 1. The van der Waals surface area contributed by atoms with Crippen LogP contribution < -0.4 is 5.32 Å². The lowest BCUT2D eigenvalue weighted by Crippen LogP contribution is -2.27. The topological polar surface area (TPSA) is 63.1 Å². The van der Waals surface area contributed by atoms with Gasteiger partial charge in [-0.15, -0.1) is 0 Å². The maximum atomic E-state index is 12.4. The van der Waals surface area contributed by atoms with E-state index in [1.165, 1.54) is 0 Å². The van der Waals surface area contributed by atoms with E-state index in [1.54, 1.807) is 35.1 Å². The molecule has 2 rings (SSSR count). The van der Waals surface area contributed by atoms with E-state index in [1.807, 2.05) is 19.3 Å². The van der Waals surface area contributed by atoms with Crippen molar-refractivity contribution in [2.24, 2.45) is 7.05 Å². The predicted molar refractivity (Wildman–Crippen MR) is 82.0 cm³/mol. The minimum Gasteiger partial charge on any atom is -0.385 e. The first-order chi connectivity index (χ1) is 10.1. The van der Waals surface area contributed by atoms with Gasteiger partial charge in [0.15, 0.2) is 0 Å². The number of pyridine rings is 1. The molecule has 2 aromatic heterocycles. The Hall–Kier alpha value is -2.37. The highest BCUT2D eigenvalue weighted by Gasteiger charge is 2.14. The average Bonchev–Trinajstić information content (AvgIpc) is 2.89. The van der Waals surface area contributed by atoms with Crippen LogP contribution in [-0.2, 0) is 13.6 Å². The van der Waals surface area contributed by atoms with Gasteiger partial charge in [0.05, 0.1) is 6.20 Å². The molecule has 0 aliphatic rings. The van der Waals surface area contributed by atoms with E-state index in [0.29, 0.717) is 12.2 Å². The highest BCUT2D eigenvalue weighted by Crippen LogP contribution is 2.11. The van der Waals surface area contributed by atoms with Crippen molar-refractivity contribution in [2.75, 3.05) is 18.9 Å². The zero-order valence-electron chi connectivity index (χ0n) is 12.7. The van der Waals surface area contributed by atoms with Crippen LogP contribution in [0.3, 0.4) is 0 Å². The fourth-order valence-corrected chi connectivity index (χ4v) is 2.02. The lowest BCUT2D eigenvalue weighted by Gasteiger charge is -2.16. The lowest BCUT2D eigenvalue weighted by atomic mass is 10.2. The molecule has 6 nitrogen and oxygen atoms in total. The quantitative estimate of drug-likeness (QED) is 0.881. The van der Waals surface area contributed by atoms with Crippen LogP contribution >= 0.6 is 0 Å². The zero-order chi connectivity index (χ0) is 15.2. The van der Waals surface area contributed by atoms with Gasteiger partial charge in [0.2, 0.25) is 0 Å². The van der Waals surface area contributed by atoms with Gasteiger partial charge in [-0.3, -0.25) is 14.5 Å². The van der Waals surface area contributed by atoms with Crippen LogP contribution in [0.5, 0.6) is 0 Å². The zero-order valence-corrected chi connectivity index (χ0v) is 12.7.